The fourth-order valence-corrected chi connectivity index (χ4v) is 3.48. The molecule has 6 heteroatoms. The number of nitrogens with two attached hydrogens (primary N) is 1. The van der Waals surface area contributed by atoms with Crippen LogP contribution >= 0.6 is 11.3 Å². The molecule has 0 saturated heterocycles. The van der Waals surface area contributed by atoms with Gasteiger partial charge in [0.05, 0.1) is 10.6 Å². The SMILES string of the molecule is NC1CCCc2sc(-c3ccc([N+](=O)[O-])cc3)nc21. The third-order valence-corrected chi connectivity index (χ3v) is 4.50. The average molecular weight is 275 g/mol. The van der Waals surface area contributed by atoms with Crippen LogP contribution in [0.4, 0.5) is 5.69 Å². The largest absolute Gasteiger partial charge is 0.323 e. The van der Waals surface area contributed by atoms with E-state index in [2.05, 4.69) is 4.98 Å². The first-order valence-electron chi connectivity index (χ1n) is 6.15. The zero-order chi connectivity index (χ0) is 13.4. The summed E-state index contributed by atoms with van der Waals surface area (Å²) in [7, 11) is 0. The average Bonchev–Trinajstić information content (AvgIpc) is 2.84. The molecule has 0 aliphatic heterocycles. The van der Waals surface area contributed by atoms with Gasteiger partial charge in [-0.15, -0.1) is 11.3 Å². The van der Waals surface area contributed by atoms with Gasteiger partial charge in [-0.05, 0) is 31.4 Å². The van der Waals surface area contributed by atoms with Crippen LogP contribution in [0.1, 0.15) is 29.5 Å². The molecule has 1 aromatic heterocycles. The molecule has 19 heavy (non-hydrogen) atoms. The van der Waals surface area contributed by atoms with Crippen LogP contribution in [0.2, 0.25) is 0 Å². The number of aromatic nitrogens is 1. The second kappa shape index (κ2) is 4.71. The van der Waals surface area contributed by atoms with Crippen LogP contribution in [0.25, 0.3) is 10.6 Å². The van der Waals surface area contributed by atoms with Crippen molar-refractivity contribution in [1.82, 2.24) is 4.98 Å². The molecule has 0 bridgehead atoms. The molecule has 1 heterocycles. The number of thiazole rings is 1. The van der Waals surface area contributed by atoms with Crippen molar-refractivity contribution >= 4 is 17.0 Å². The molecule has 3 rings (SSSR count). The molecule has 0 saturated carbocycles. The minimum absolute atomic E-state index is 0.0341. The number of nitro benzene ring substituents is 1. The Morgan fingerprint density at radius 2 is 2.11 bits per heavy atom. The molecular formula is C13H13N3O2S. The van der Waals surface area contributed by atoms with Gasteiger partial charge < -0.3 is 5.73 Å². The lowest BCUT2D eigenvalue weighted by Gasteiger charge is -2.15. The van der Waals surface area contributed by atoms with Crippen molar-refractivity contribution in [3.8, 4) is 10.6 Å². The quantitative estimate of drug-likeness (QED) is 0.674. The number of non-ortho nitro benzene ring substituents is 1. The van der Waals surface area contributed by atoms with E-state index in [1.807, 2.05) is 0 Å². The van der Waals surface area contributed by atoms with Gasteiger partial charge in [-0.1, -0.05) is 0 Å². The predicted molar refractivity (Wildman–Crippen MR) is 74.1 cm³/mol. The van der Waals surface area contributed by atoms with Gasteiger partial charge in [0.25, 0.3) is 5.69 Å². The topological polar surface area (TPSA) is 82.0 Å². The lowest BCUT2D eigenvalue weighted by molar-refractivity contribution is -0.384. The first kappa shape index (κ1) is 12.3. The van der Waals surface area contributed by atoms with E-state index in [1.165, 1.54) is 17.0 Å². The summed E-state index contributed by atoms with van der Waals surface area (Å²) >= 11 is 1.65. The number of fused-ring (bicyclic) bond motifs is 1. The Bertz CT molecular complexity index is 621. The summed E-state index contributed by atoms with van der Waals surface area (Å²) in [6.07, 6.45) is 3.13. The van der Waals surface area contributed by atoms with Crippen LogP contribution in [0.15, 0.2) is 24.3 Å². The van der Waals surface area contributed by atoms with Crippen molar-refractivity contribution in [2.75, 3.05) is 0 Å². The highest BCUT2D eigenvalue weighted by atomic mass is 32.1. The van der Waals surface area contributed by atoms with Crippen molar-refractivity contribution in [2.45, 2.75) is 25.3 Å². The molecule has 0 spiro atoms. The fourth-order valence-electron chi connectivity index (χ4n) is 2.30. The second-order valence-corrected chi connectivity index (χ2v) is 5.71. The fraction of sp³-hybridized carbons (Fsp3) is 0.308. The van der Waals surface area contributed by atoms with Crippen LogP contribution in [-0.4, -0.2) is 9.91 Å². The number of rotatable bonds is 2. The van der Waals surface area contributed by atoms with Crippen molar-refractivity contribution in [3.63, 3.8) is 0 Å². The molecule has 0 fully saturated rings. The van der Waals surface area contributed by atoms with E-state index in [-0.39, 0.29) is 11.7 Å². The molecule has 1 aromatic carbocycles. The van der Waals surface area contributed by atoms with Gasteiger partial charge in [-0.25, -0.2) is 4.98 Å². The predicted octanol–water partition coefficient (Wildman–Crippen LogP) is 3.05. The van der Waals surface area contributed by atoms with Crippen LogP contribution in [0, 0.1) is 10.1 Å². The number of nitrogens with zero attached hydrogens (tertiary/aromatic N) is 2. The maximum atomic E-state index is 10.6. The van der Waals surface area contributed by atoms with Crippen molar-refractivity contribution in [1.29, 1.82) is 0 Å². The Balaban J connectivity index is 1.96. The zero-order valence-electron chi connectivity index (χ0n) is 10.2. The van der Waals surface area contributed by atoms with Crippen LogP contribution in [0.3, 0.4) is 0 Å². The summed E-state index contributed by atoms with van der Waals surface area (Å²) in [5.41, 5.74) is 8.07. The molecule has 1 atom stereocenters. The molecule has 5 nitrogen and oxygen atoms in total. The molecule has 2 N–H and O–H groups in total. The van der Waals surface area contributed by atoms with Crippen molar-refractivity contribution in [3.05, 3.63) is 45.0 Å². The van der Waals surface area contributed by atoms with Crippen molar-refractivity contribution in [2.24, 2.45) is 5.73 Å². The smallest absolute Gasteiger partial charge is 0.269 e. The third kappa shape index (κ3) is 2.24. The number of aryl methyl sites for hydroxylation is 1. The summed E-state index contributed by atoms with van der Waals surface area (Å²) in [5.74, 6) is 0. The van der Waals surface area contributed by atoms with Gasteiger partial charge in [0.15, 0.2) is 0 Å². The summed E-state index contributed by atoms with van der Waals surface area (Å²) in [6.45, 7) is 0. The Kier molecular flexibility index (Phi) is 3.04. The van der Waals surface area contributed by atoms with Crippen LogP contribution in [0.5, 0.6) is 0 Å². The summed E-state index contributed by atoms with van der Waals surface area (Å²) in [6, 6.07) is 6.54. The number of hydrogen-bond acceptors (Lipinski definition) is 5. The lowest BCUT2D eigenvalue weighted by atomic mass is 9.99. The monoisotopic (exact) mass is 275 g/mol. The van der Waals surface area contributed by atoms with Gasteiger partial charge >= 0.3 is 0 Å². The van der Waals surface area contributed by atoms with Gasteiger partial charge in [0.2, 0.25) is 0 Å². The summed E-state index contributed by atoms with van der Waals surface area (Å²) < 4.78 is 0. The van der Waals surface area contributed by atoms with Crippen LogP contribution in [-0.2, 0) is 6.42 Å². The Morgan fingerprint density at radius 3 is 2.74 bits per heavy atom. The normalized spacial score (nSPS) is 18.1. The molecule has 98 valence electrons. The van der Waals surface area contributed by atoms with E-state index < -0.39 is 4.92 Å². The molecule has 2 aromatic rings. The first-order valence-corrected chi connectivity index (χ1v) is 6.97. The number of nitro groups is 1. The zero-order valence-corrected chi connectivity index (χ0v) is 11.0. The molecule has 0 radical (unpaired) electrons. The van der Waals surface area contributed by atoms with E-state index >= 15 is 0 Å². The summed E-state index contributed by atoms with van der Waals surface area (Å²) in [4.78, 5) is 16.1. The highest BCUT2D eigenvalue weighted by molar-refractivity contribution is 7.15. The maximum absolute atomic E-state index is 10.6. The second-order valence-electron chi connectivity index (χ2n) is 4.63. The minimum Gasteiger partial charge on any atom is -0.323 e. The molecule has 1 unspecified atom stereocenters. The number of benzene rings is 1. The standard InChI is InChI=1S/C13H13N3O2S/c14-10-2-1-3-11-12(10)15-13(19-11)8-4-6-9(7-5-8)16(17)18/h4-7,10H,1-3,14H2. The molecule has 1 aliphatic rings. The molecule has 1 aliphatic carbocycles. The Labute approximate surface area is 114 Å². The Hall–Kier alpha value is -1.79. The van der Waals surface area contributed by atoms with E-state index in [0.29, 0.717) is 0 Å². The van der Waals surface area contributed by atoms with Gasteiger partial charge in [-0.2, -0.15) is 0 Å². The minimum atomic E-state index is -0.396. The molecular weight excluding hydrogens is 262 g/mol. The first-order chi connectivity index (χ1) is 9.15. The van der Waals surface area contributed by atoms with E-state index in [9.17, 15) is 10.1 Å². The van der Waals surface area contributed by atoms with Crippen LogP contribution < -0.4 is 5.73 Å². The van der Waals surface area contributed by atoms with Gasteiger partial charge in [-0.3, -0.25) is 10.1 Å². The highest BCUT2D eigenvalue weighted by Gasteiger charge is 2.22. The van der Waals surface area contributed by atoms with E-state index in [4.69, 9.17) is 5.73 Å². The number of hydrogen-bond donors (Lipinski definition) is 1. The maximum Gasteiger partial charge on any atom is 0.269 e. The molecule has 0 amide bonds. The van der Waals surface area contributed by atoms with E-state index in [0.717, 1.165) is 35.5 Å². The highest BCUT2D eigenvalue weighted by Crippen LogP contribution is 2.36. The van der Waals surface area contributed by atoms with Gasteiger partial charge in [0.1, 0.15) is 5.01 Å². The Morgan fingerprint density at radius 1 is 1.37 bits per heavy atom. The van der Waals surface area contributed by atoms with Crippen molar-refractivity contribution < 1.29 is 4.92 Å². The summed E-state index contributed by atoms with van der Waals surface area (Å²) in [5, 5.41) is 11.5. The lowest BCUT2D eigenvalue weighted by Crippen LogP contribution is -2.16. The van der Waals surface area contributed by atoms with E-state index in [1.54, 1.807) is 23.5 Å². The van der Waals surface area contributed by atoms with Gasteiger partial charge in [0, 0.05) is 28.6 Å². The third-order valence-electron chi connectivity index (χ3n) is 3.32.